The van der Waals surface area contributed by atoms with Gasteiger partial charge >= 0.3 is 0 Å². The third kappa shape index (κ3) is 4.61. The van der Waals surface area contributed by atoms with E-state index in [4.69, 9.17) is 4.74 Å². The highest BCUT2D eigenvalue weighted by atomic mass is 16.5. The molecule has 0 spiro atoms. The van der Waals surface area contributed by atoms with Crippen LogP contribution in [0, 0.1) is 6.92 Å². The highest BCUT2D eigenvalue weighted by molar-refractivity contribution is 5.91. The van der Waals surface area contributed by atoms with Crippen molar-refractivity contribution < 1.29 is 9.53 Å². The van der Waals surface area contributed by atoms with E-state index in [-0.39, 0.29) is 5.91 Å². The molecule has 1 amide bonds. The molecule has 104 valence electrons. The molecule has 0 aliphatic carbocycles. The van der Waals surface area contributed by atoms with Gasteiger partial charge in [0.2, 0.25) is 5.91 Å². The van der Waals surface area contributed by atoms with Crippen LogP contribution in [0.5, 0.6) is 0 Å². The van der Waals surface area contributed by atoms with Crippen LogP contribution in [0.15, 0.2) is 18.3 Å². The largest absolute Gasteiger partial charge is 0.378 e. The van der Waals surface area contributed by atoms with Crippen LogP contribution in [0.3, 0.4) is 0 Å². The standard InChI is InChI=1S/C14H21N3O2/c1-11-13(3-2-7-16-11)17-14(18)6-10-19-12-4-8-15-9-5-12/h2-3,7,12,15H,4-6,8-10H2,1H3,(H,17,18). The lowest BCUT2D eigenvalue weighted by molar-refractivity contribution is -0.117. The monoisotopic (exact) mass is 263 g/mol. The molecular weight excluding hydrogens is 242 g/mol. The molecule has 1 aromatic rings. The van der Waals surface area contributed by atoms with E-state index >= 15 is 0 Å². The summed E-state index contributed by atoms with van der Waals surface area (Å²) in [7, 11) is 0. The highest BCUT2D eigenvalue weighted by Gasteiger charge is 2.13. The molecule has 1 aliphatic heterocycles. The summed E-state index contributed by atoms with van der Waals surface area (Å²) in [4.78, 5) is 15.9. The zero-order valence-corrected chi connectivity index (χ0v) is 11.3. The number of aryl methyl sites for hydroxylation is 1. The van der Waals surface area contributed by atoms with Crippen LogP contribution in [0.4, 0.5) is 5.69 Å². The number of rotatable bonds is 5. The molecule has 2 rings (SSSR count). The number of carbonyl (C=O) groups excluding carboxylic acids is 1. The van der Waals surface area contributed by atoms with Crippen molar-refractivity contribution in [2.45, 2.75) is 32.3 Å². The van der Waals surface area contributed by atoms with Gasteiger partial charge in [-0.2, -0.15) is 0 Å². The van der Waals surface area contributed by atoms with Crippen LogP contribution in [-0.2, 0) is 9.53 Å². The SMILES string of the molecule is Cc1ncccc1NC(=O)CCOC1CCNCC1. The summed E-state index contributed by atoms with van der Waals surface area (Å²) in [6, 6.07) is 3.67. The average molecular weight is 263 g/mol. The lowest BCUT2D eigenvalue weighted by Gasteiger charge is -2.22. The van der Waals surface area contributed by atoms with Crippen molar-refractivity contribution in [3.05, 3.63) is 24.0 Å². The topological polar surface area (TPSA) is 63.2 Å². The minimum absolute atomic E-state index is 0.0231. The van der Waals surface area contributed by atoms with Gasteiger partial charge in [0.25, 0.3) is 0 Å². The first-order valence-corrected chi connectivity index (χ1v) is 6.79. The second kappa shape index (κ2) is 7.21. The third-order valence-corrected chi connectivity index (χ3v) is 3.25. The summed E-state index contributed by atoms with van der Waals surface area (Å²) in [5, 5.41) is 6.14. The maximum atomic E-state index is 11.8. The highest BCUT2D eigenvalue weighted by Crippen LogP contribution is 2.11. The first kappa shape index (κ1) is 14.0. The summed E-state index contributed by atoms with van der Waals surface area (Å²) in [5.74, 6) is -0.0231. The fraction of sp³-hybridized carbons (Fsp3) is 0.571. The number of anilines is 1. The number of piperidine rings is 1. The summed E-state index contributed by atoms with van der Waals surface area (Å²) in [6.45, 7) is 4.37. The molecule has 1 aliphatic rings. The van der Waals surface area contributed by atoms with Gasteiger partial charge in [-0.15, -0.1) is 0 Å². The first-order valence-electron chi connectivity index (χ1n) is 6.79. The smallest absolute Gasteiger partial charge is 0.226 e. The average Bonchev–Trinajstić information content (AvgIpc) is 2.43. The number of nitrogens with zero attached hydrogens (tertiary/aromatic N) is 1. The van der Waals surface area contributed by atoms with Crippen molar-refractivity contribution in [2.24, 2.45) is 0 Å². The van der Waals surface area contributed by atoms with Crippen molar-refractivity contribution in [3.8, 4) is 0 Å². The Balaban J connectivity index is 1.68. The van der Waals surface area contributed by atoms with Crippen LogP contribution in [0.2, 0.25) is 0 Å². The Morgan fingerprint density at radius 1 is 1.53 bits per heavy atom. The van der Waals surface area contributed by atoms with Crippen molar-refractivity contribution in [1.29, 1.82) is 0 Å². The summed E-state index contributed by atoms with van der Waals surface area (Å²) in [6.07, 6.45) is 4.46. The number of hydrogen-bond donors (Lipinski definition) is 2. The molecule has 1 fully saturated rings. The Bertz CT molecular complexity index is 417. The second-order valence-corrected chi connectivity index (χ2v) is 4.75. The normalized spacial score (nSPS) is 16.3. The molecule has 5 heteroatoms. The third-order valence-electron chi connectivity index (χ3n) is 3.25. The van der Waals surface area contributed by atoms with Gasteiger partial charge in [0.05, 0.1) is 30.5 Å². The van der Waals surface area contributed by atoms with E-state index in [9.17, 15) is 4.79 Å². The predicted molar refractivity (Wildman–Crippen MR) is 74.1 cm³/mol. The molecule has 0 aromatic carbocycles. The van der Waals surface area contributed by atoms with Crippen LogP contribution < -0.4 is 10.6 Å². The number of hydrogen-bond acceptors (Lipinski definition) is 4. The van der Waals surface area contributed by atoms with E-state index < -0.39 is 0 Å². The van der Waals surface area contributed by atoms with Gasteiger partial charge in [0, 0.05) is 6.20 Å². The Kier molecular flexibility index (Phi) is 5.30. The number of amides is 1. The Morgan fingerprint density at radius 2 is 2.32 bits per heavy atom. The van der Waals surface area contributed by atoms with E-state index in [2.05, 4.69) is 15.6 Å². The molecule has 0 radical (unpaired) electrons. The Hall–Kier alpha value is -1.46. The van der Waals surface area contributed by atoms with Crippen molar-refractivity contribution in [3.63, 3.8) is 0 Å². The number of nitrogens with one attached hydrogen (secondary N) is 2. The molecular formula is C14H21N3O2. The number of aromatic nitrogens is 1. The van der Waals surface area contributed by atoms with E-state index in [1.807, 2.05) is 19.1 Å². The number of ether oxygens (including phenoxy) is 1. The predicted octanol–water partition coefficient (Wildman–Crippen LogP) is 1.49. The molecule has 0 bridgehead atoms. The molecule has 0 unspecified atom stereocenters. The molecule has 2 heterocycles. The Labute approximate surface area is 113 Å². The maximum Gasteiger partial charge on any atom is 0.226 e. The van der Waals surface area contributed by atoms with Crippen LogP contribution in [-0.4, -0.2) is 36.7 Å². The van der Waals surface area contributed by atoms with Crippen LogP contribution in [0.25, 0.3) is 0 Å². The van der Waals surface area contributed by atoms with Gasteiger partial charge in [0.1, 0.15) is 0 Å². The fourth-order valence-corrected chi connectivity index (χ4v) is 2.11. The summed E-state index contributed by atoms with van der Waals surface area (Å²) in [5.41, 5.74) is 1.60. The molecule has 5 nitrogen and oxygen atoms in total. The molecule has 2 N–H and O–H groups in total. The van der Waals surface area contributed by atoms with Crippen molar-refractivity contribution in [2.75, 3.05) is 25.0 Å². The van der Waals surface area contributed by atoms with E-state index in [1.54, 1.807) is 6.20 Å². The quantitative estimate of drug-likeness (QED) is 0.845. The van der Waals surface area contributed by atoms with Gasteiger partial charge in [-0.3, -0.25) is 9.78 Å². The van der Waals surface area contributed by atoms with Gasteiger partial charge in [-0.1, -0.05) is 0 Å². The number of carbonyl (C=O) groups is 1. The van der Waals surface area contributed by atoms with E-state index in [0.717, 1.165) is 37.3 Å². The summed E-state index contributed by atoms with van der Waals surface area (Å²) >= 11 is 0. The molecule has 0 saturated carbocycles. The lowest BCUT2D eigenvalue weighted by atomic mass is 10.1. The minimum atomic E-state index is -0.0231. The van der Waals surface area contributed by atoms with Gasteiger partial charge in [0.15, 0.2) is 0 Å². The minimum Gasteiger partial charge on any atom is -0.378 e. The molecule has 1 aromatic heterocycles. The van der Waals surface area contributed by atoms with E-state index in [0.29, 0.717) is 19.1 Å². The zero-order chi connectivity index (χ0) is 13.5. The van der Waals surface area contributed by atoms with E-state index in [1.165, 1.54) is 0 Å². The fourth-order valence-electron chi connectivity index (χ4n) is 2.11. The maximum absolute atomic E-state index is 11.8. The Morgan fingerprint density at radius 3 is 3.05 bits per heavy atom. The lowest BCUT2D eigenvalue weighted by Crippen LogP contribution is -2.33. The van der Waals surface area contributed by atoms with Gasteiger partial charge in [-0.25, -0.2) is 0 Å². The van der Waals surface area contributed by atoms with Crippen molar-refractivity contribution in [1.82, 2.24) is 10.3 Å². The first-order chi connectivity index (χ1) is 9.25. The van der Waals surface area contributed by atoms with Crippen LogP contribution >= 0.6 is 0 Å². The van der Waals surface area contributed by atoms with Crippen molar-refractivity contribution >= 4 is 11.6 Å². The van der Waals surface area contributed by atoms with Crippen LogP contribution in [0.1, 0.15) is 25.0 Å². The molecule has 0 atom stereocenters. The molecule has 19 heavy (non-hydrogen) atoms. The summed E-state index contributed by atoms with van der Waals surface area (Å²) < 4.78 is 5.71. The van der Waals surface area contributed by atoms with Gasteiger partial charge < -0.3 is 15.4 Å². The zero-order valence-electron chi connectivity index (χ0n) is 11.3. The molecule has 1 saturated heterocycles. The number of pyridine rings is 1. The second-order valence-electron chi connectivity index (χ2n) is 4.75. The van der Waals surface area contributed by atoms with Gasteiger partial charge in [-0.05, 0) is 45.0 Å².